The Bertz CT molecular complexity index is 839. The standard InChI is InChI=1S/C20H26N4O4/c1-21-20(22-14-16-6-5-7-17(12-16)24(25)26)23(2)11-10-15-8-9-18(27-3)19(13-15)28-4/h5-9,12-13H,10-11,14H2,1-4H3,(H,21,22). The Morgan fingerprint density at radius 2 is 1.89 bits per heavy atom. The molecule has 2 rings (SSSR count). The number of ether oxygens (including phenoxy) is 2. The Kier molecular flexibility index (Phi) is 7.62. The van der Waals surface area contributed by atoms with Crippen molar-refractivity contribution in [2.45, 2.75) is 13.0 Å². The zero-order chi connectivity index (χ0) is 20.5. The number of methoxy groups -OCH3 is 2. The van der Waals surface area contributed by atoms with E-state index in [-0.39, 0.29) is 5.69 Å². The van der Waals surface area contributed by atoms with Crippen molar-refractivity contribution in [2.24, 2.45) is 4.99 Å². The van der Waals surface area contributed by atoms with Gasteiger partial charge in [0.25, 0.3) is 5.69 Å². The molecule has 0 bridgehead atoms. The number of nitro groups is 1. The van der Waals surface area contributed by atoms with Gasteiger partial charge in [-0.2, -0.15) is 0 Å². The van der Waals surface area contributed by atoms with Crippen molar-refractivity contribution in [2.75, 3.05) is 34.9 Å². The molecule has 0 aromatic heterocycles. The molecule has 8 nitrogen and oxygen atoms in total. The highest BCUT2D eigenvalue weighted by Gasteiger charge is 2.10. The van der Waals surface area contributed by atoms with E-state index in [4.69, 9.17) is 9.47 Å². The van der Waals surface area contributed by atoms with Crippen molar-refractivity contribution in [3.8, 4) is 11.5 Å². The van der Waals surface area contributed by atoms with Crippen LogP contribution in [0.4, 0.5) is 5.69 Å². The lowest BCUT2D eigenvalue weighted by Gasteiger charge is -2.22. The first kappa shape index (κ1) is 21.0. The van der Waals surface area contributed by atoms with E-state index in [0.29, 0.717) is 24.0 Å². The minimum atomic E-state index is -0.395. The monoisotopic (exact) mass is 386 g/mol. The van der Waals surface area contributed by atoms with Crippen molar-refractivity contribution < 1.29 is 14.4 Å². The van der Waals surface area contributed by atoms with Gasteiger partial charge in [0.2, 0.25) is 0 Å². The van der Waals surface area contributed by atoms with Crippen LogP contribution in [-0.2, 0) is 13.0 Å². The molecule has 28 heavy (non-hydrogen) atoms. The number of non-ortho nitro benzene ring substituents is 1. The third-order valence-electron chi connectivity index (χ3n) is 4.33. The van der Waals surface area contributed by atoms with Crippen molar-refractivity contribution in [1.29, 1.82) is 0 Å². The van der Waals surface area contributed by atoms with E-state index in [1.165, 1.54) is 6.07 Å². The zero-order valence-electron chi connectivity index (χ0n) is 16.6. The smallest absolute Gasteiger partial charge is 0.269 e. The van der Waals surface area contributed by atoms with Crippen LogP contribution in [0.5, 0.6) is 11.5 Å². The van der Waals surface area contributed by atoms with Gasteiger partial charge in [-0.1, -0.05) is 18.2 Å². The highest BCUT2D eigenvalue weighted by molar-refractivity contribution is 5.79. The van der Waals surface area contributed by atoms with Gasteiger partial charge in [-0.15, -0.1) is 0 Å². The largest absolute Gasteiger partial charge is 0.493 e. The van der Waals surface area contributed by atoms with Gasteiger partial charge >= 0.3 is 0 Å². The van der Waals surface area contributed by atoms with Gasteiger partial charge in [0, 0.05) is 39.3 Å². The summed E-state index contributed by atoms with van der Waals surface area (Å²) in [6.45, 7) is 1.19. The Balaban J connectivity index is 1.94. The summed E-state index contributed by atoms with van der Waals surface area (Å²) in [5, 5.41) is 14.1. The lowest BCUT2D eigenvalue weighted by atomic mass is 10.1. The molecule has 150 valence electrons. The fourth-order valence-electron chi connectivity index (χ4n) is 2.78. The highest BCUT2D eigenvalue weighted by atomic mass is 16.6. The Morgan fingerprint density at radius 1 is 1.14 bits per heavy atom. The van der Waals surface area contributed by atoms with E-state index in [0.717, 1.165) is 24.1 Å². The second-order valence-corrected chi connectivity index (χ2v) is 6.19. The molecule has 0 spiro atoms. The average molecular weight is 386 g/mol. The average Bonchev–Trinajstić information content (AvgIpc) is 2.72. The van der Waals surface area contributed by atoms with E-state index in [1.807, 2.05) is 36.2 Å². The molecule has 0 aliphatic rings. The topological polar surface area (TPSA) is 89.2 Å². The number of rotatable bonds is 8. The van der Waals surface area contributed by atoms with Gasteiger partial charge < -0.3 is 19.7 Å². The SMILES string of the molecule is CN=C(NCc1cccc([N+](=O)[O-])c1)N(C)CCc1ccc(OC)c(OC)c1. The van der Waals surface area contributed by atoms with Crippen LogP contribution in [0.15, 0.2) is 47.5 Å². The zero-order valence-corrected chi connectivity index (χ0v) is 16.6. The van der Waals surface area contributed by atoms with Crippen LogP contribution in [0.1, 0.15) is 11.1 Å². The van der Waals surface area contributed by atoms with E-state index in [1.54, 1.807) is 33.4 Å². The molecule has 0 saturated heterocycles. The van der Waals surface area contributed by atoms with Crippen LogP contribution in [-0.4, -0.2) is 50.6 Å². The van der Waals surface area contributed by atoms with Crippen LogP contribution < -0.4 is 14.8 Å². The van der Waals surface area contributed by atoms with Gasteiger partial charge in [-0.05, 0) is 29.7 Å². The van der Waals surface area contributed by atoms with Crippen LogP contribution >= 0.6 is 0 Å². The van der Waals surface area contributed by atoms with Crippen molar-refractivity contribution in [3.63, 3.8) is 0 Å². The maximum atomic E-state index is 10.9. The number of likely N-dealkylation sites (N-methyl/N-ethyl adjacent to an activating group) is 1. The summed E-state index contributed by atoms with van der Waals surface area (Å²) < 4.78 is 10.6. The van der Waals surface area contributed by atoms with Crippen molar-refractivity contribution >= 4 is 11.6 Å². The number of guanidine groups is 1. The van der Waals surface area contributed by atoms with Crippen molar-refractivity contribution in [1.82, 2.24) is 10.2 Å². The molecule has 0 amide bonds. The van der Waals surface area contributed by atoms with E-state index < -0.39 is 4.92 Å². The predicted octanol–water partition coefficient (Wildman–Crippen LogP) is 2.86. The number of nitro benzene ring substituents is 1. The summed E-state index contributed by atoms with van der Waals surface area (Å²) in [6, 6.07) is 12.4. The number of nitrogens with zero attached hydrogens (tertiary/aromatic N) is 3. The minimum absolute atomic E-state index is 0.0797. The van der Waals surface area contributed by atoms with Crippen LogP contribution in [0, 0.1) is 10.1 Å². The quantitative estimate of drug-likeness (QED) is 0.325. The molecule has 0 fully saturated rings. The highest BCUT2D eigenvalue weighted by Crippen LogP contribution is 2.27. The fraction of sp³-hybridized carbons (Fsp3) is 0.350. The summed E-state index contributed by atoms with van der Waals surface area (Å²) >= 11 is 0. The number of benzene rings is 2. The molecule has 0 heterocycles. The molecule has 2 aromatic carbocycles. The van der Waals surface area contributed by atoms with Gasteiger partial charge in [0.15, 0.2) is 17.5 Å². The van der Waals surface area contributed by atoms with E-state index in [9.17, 15) is 10.1 Å². The molecule has 0 aliphatic carbocycles. The molecule has 2 aromatic rings. The first-order valence-electron chi connectivity index (χ1n) is 8.84. The lowest BCUT2D eigenvalue weighted by Crippen LogP contribution is -2.39. The second kappa shape index (κ2) is 10.1. The third-order valence-corrected chi connectivity index (χ3v) is 4.33. The summed E-state index contributed by atoms with van der Waals surface area (Å²) in [5.41, 5.74) is 2.03. The second-order valence-electron chi connectivity index (χ2n) is 6.19. The van der Waals surface area contributed by atoms with Crippen LogP contribution in [0.2, 0.25) is 0 Å². The summed E-state index contributed by atoms with van der Waals surface area (Å²) in [4.78, 5) is 16.8. The predicted molar refractivity (Wildman–Crippen MR) is 109 cm³/mol. The Morgan fingerprint density at radius 3 is 2.54 bits per heavy atom. The van der Waals surface area contributed by atoms with Gasteiger partial charge in [-0.25, -0.2) is 0 Å². The van der Waals surface area contributed by atoms with E-state index >= 15 is 0 Å². The molecule has 0 unspecified atom stereocenters. The maximum Gasteiger partial charge on any atom is 0.269 e. The first-order chi connectivity index (χ1) is 13.5. The number of hydrogen-bond donors (Lipinski definition) is 1. The minimum Gasteiger partial charge on any atom is -0.493 e. The molecule has 0 atom stereocenters. The lowest BCUT2D eigenvalue weighted by molar-refractivity contribution is -0.384. The van der Waals surface area contributed by atoms with E-state index in [2.05, 4.69) is 10.3 Å². The number of nitrogens with one attached hydrogen (secondary N) is 1. The molecular formula is C20H26N4O4. The number of hydrogen-bond acceptors (Lipinski definition) is 5. The van der Waals surface area contributed by atoms with Crippen LogP contribution in [0.25, 0.3) is 0 Å². The van der Waals surface area contributed by atoms with Gasteiger partial charge in [-0.3, -0.25) is 15.1 Å². The summed E-state index contributed by atoms with van der Waals surface area (Å²) in [7, 11) is 6.89. The molecular weight excluding hydrogens is 360 g/mol. The molecule has 0 saturated carbocycles. The molecule has 1 N–H and O–H groups in total. The molecule has 0 aliphatic heterocycles. The summed E-state index contributed by atoms with van der Waals surface area (Å²) in [5.74, 6) is 2.12. The van der Waals surface area contributed by atoms with Gasteiger partial charge in [0.05, 0.1) is 19.1 Å². The van der Waals surface area contributed by atoms with Gasteiger partial charge in [0.1, 0.15) is 0 Å². The Hall–Kier alpha value is -3.29. The van der Waals surface area contributed by atoms with Crippen molar-refractivity contribution in [3.05, 3.63) is 63.7 Å². The third kappa shape index (κ3) is 5.60. The normalized spacial score (nSPS) is 11.1. The fourth-order valence-corrected chi connectivity index (χ4v) is 2.78. The number of aliphatic imine (C=N–C) groups is 1. The molecule has 8 heteroatoms. The molecule has 0 radical (unpaired) electrons. The summed E-state index contributed by atoms with van der Waals surface area (Å²) in [6.07, 6.45) is 0.800. The van der Waals surface area contributed by atoms with Crippen LogP contribution in [0.3, 0.4) is 0 Å². The first-order valence-corrected chi connectivity index (χ1v) is 8.84. The maximum absolute atomic E-state index is 10.9. The Labute approximate surface area is 164 Å².